The van der Waals surface area contributed by atoms with E-state index in [0.29, 0.717) is 0 Å². The Labute approximate surface area is 107 Å². The molecule has 0 radical (unpaired) electrons. The van der Waals surface area contributed by atoms with Crippen molar-refractivity contribution in [3.63, 3.8) is 0 Å². The van der Waals surface area contributed by atoms with Gasteiger partial charge in [-0.3, -0.25) is 0 Å². The first-order chi connectivity index (χ1) is 8.18. The number of hydrogen-bond acceptors (Lipinski definition) is 4. The zero-order valence-corrected chi connectivity index (χ0v) is 11.4. The average Bonchev–Trinajstić information content (AvgIpc) is 2.27. The van der Waals surface area contributed by atoms with Crippen LogP contribution in [0.15, 0.2) is 35.2 Å². The Balaban J connectivity index is 3.10. The summed E-state index contributed by atoms with van der Waals surface area (Å²) in [5, 5.41) is -0.903. The maximum Gasteiger partial charge on any atom is 0.405 e. The number of hydrogen-bond donors (Lipinski definition) is 1. The average molecular weight is 271 g/mol. The normalized spacial score (nSPS) is 13.9. The van der Waals surface area contributed by atoms with Gasteiger partial charge in [0, 0.05) is 0 Å². The lowest BCUT2D eigenvalue weighted by atomic mass is 10.1. The Morgan fingerprint density at radius 1 is 1.28 bits per heavy atom. The summed E-state index contributed by atoms with van der Waals surface area (Å²) in [7, 11) is -3.58. The minimum Gasteiger partial charge on any atom is -0.442 e. The summed E-state index contributed by atoms with van der Waals surface area (Å²) in [6.45, 7) is 4.52. The van der Waals surface area contributed by atoms with Gasteiger partial charge in [-0.1, -0.05) is 18.2 Å². The highest BCUT2D eigenvalue weighted by Crippen LogP contribution is 2.26. The molecule has 1 rings (SSSR count). The molecule has 0 saturated heterocycles. The van der Waals surface area contributed by atoms with Crippen molar-refractivity contribution >= 4 is 15.9 Å². The van der Waals surface area contributed by atoms with Crippen LogP contribution >= 0.6 is 0 Å². The van der Waals surface area contributed by atoms with Gasteiger partial charge in [-0.2, -0.15) is 0 Å². The van der Waals surface area contributed by atoms with E-state index in [4.69, 9.17) is 10.5 Å². The topological polar surface area (TPSA) is 86.5 Å². The molecular weight excluding hydrogens is 254 g/mol. The molecule has 0 aliphatic carbocycles. The Kier molecular flexibility index (Phi) is 4.01. The molecule has 0 aliphatic heterocycles. The van der Waals surface area contributed by atoms with Crippen LogP contribution < -0.4 is 5.73 Å². The molecule has 1 aromatic carbocycles. The highest BCUT2D eigenvalue weighted by Gasteiger charge is 2.39. The van der Waals surface area contributed by atoms with Crippen LogP contribution in [0.3, 0.4) is 0 Å². The fourth-order valence-corrected chi connectivity index (χ4v) is 3.27. The lowest BCUT2D eigenvalue weighted by Gasteiger charge is -2.30. The minimum absolute atomic E-state index is 0.193. The van der Waals surface area contributed by atoms with Gasteiger partial charge in [0.05, 0.1) is 4.90 Å². The van der Waals surface area contributed by atoms with Gasteiger partial charge in [0.25, 0.3) is 0 Å². The molecule has 18 heavy (non-hydrogen) atoms. The molecule has 1 atom stereocenters. The maximum atomic E-state index is 12.3. The minimum atomic E-state index is -3.58. The van der Waals surface area contributed by atoms with Crippen LogP contribution in [0.4, 0.5) is 4.79 Å². The first kappa shape index (κ1) is 14.5. The first-order valence-electron chi connectivity index (χ1n) is 5.45. The summed E-state index contributed by atoms with van der Waals surface area (Å²) in [6, 6.07) is 8.02. The molecular formula is C12H17NO4S. The van der Waals surface area contributed by atoms with Crippen molar-refractivity contribution < 1.29 is 17.9 Å². The van der Waals surface area contributed by atoms with Crippen LogP contribution in [-0.2, 0) is 14.6 Å². The molecule has 0 aromatic heterocycles. The molecule has 1 amide bonds. The smallest absolute Gasteiger partial charge is 0.405 e. The lowest BCUT2D eigenvalue weighted by molar-refractivity contribution is 0.0453. The maximum absolute atomic E-state index is 12.3. The van der Waals surface area contributed by atoms with E-state index in [-0.39, 0.29) is 4.90 Å². The van der Waals surface area contributed by atoms with E-state index in [1.54, 1.807) is 18.2 Å². The molecule has 0 bridgehead atoms. The summed E-state index contributed by atoms with van der Waals surface area (Å²) in [6.07, 6.45) is -0.991. The van der Waals surface area contributed by atoms with Gasteiger partial charge in [0.15, 0.2) is 9.84 Å². The van der Waals surface area contributed by atoms with Crippen molar-refractivity contribution in [3.05, 3.63) is 30.3 Å². The van der Waals surface area contributed by atoms with Crippen LogP contribution in [0.2, 0.25) is 0 Å². The van der Waals surface area contributed by atoms with E-state index in [9.17, 15) is 13.2 Å². The van der Waals surface area contributed by atoms with Gasteiger partial charge >= 0.3 is 6.09 Å². The molecule has 0 spiro atoms. The van der Waals surface area contributed by atoms with E-state index < -0.39 is 26.8 Å². The molecule has 0 aliphatic rings. The number of nitrogens with two attached hydrogens (primary N) is 1. The van der Waals surface area contributed by atoms with Crippen LogP contribution in [0.5, 0.6) is 0 Å². The number of amides is 1. The summed E-state index contributed by atoms with van der Waals surface area (Å²) in [5.41, 5.74) is 3.75. The van der Waals surface area contributed by atoms with Gasteiger partial charge in [0.1, 0.15) is 10.9 Å². The highest BCUT2D eigenvalue weighted by atomic mass is 32.2. The molecule has 0 heterocycles. The monoisotopic (exact) mass is 271 g/mol. The van der Waals surface area contributed by atoms with Crippen LogP contribution in [0.1, 0.15) is 20.8 Å². The summed E-state index contributed by atoms with van der Waals surface area (Å²) < 4.78 is 29.5. The third-order valence-electron chi connectivity index (χ3n) is 2.88. The Hall–Kier alpha value is -1.56. The summed E-state index contributed by atoms with van der Waals surface area (Å²) in [5.74, 6) is 0. The van der Waals surface area contributed by atoms with Crippen LogP contribution in [0, 0.1) is 0 Å². The van der Waals surface area contributed by atoms with E-state index in [2.05, 4.69) is 0 Å². The van der Waals surface area contributed by atoms with Crippen molar-refractivity contribution in [1.82, 2.24) is 0 Å². The zero-order chi connectivity index (χ0) is 14.0. The molecule has 6 heteroatoms. The molecule has 0 saturated carbocycles. The number of benzene rings is 1. The van der Waals surface area contributed by atoms with Crippen molar-refractivity contribution in [2.75, 3.05) is 0 Å². The number of primary amides is 1. The third-order valence-corrected chi connectivity index (χ3v) is 5.31. The fraction of sp³-hybridized carbons (Fsp3) is 0.417. The molecule has 100 valence electrons. The quantitative estimate of drug-likeness (QED) is 0.903. The van der Waals surface area contributed by atoms with Crippen molar-refractivity contribution in [2.24, 2.45) is 5.73 Å². The molecule has 1 aromatic rings. The number of carbonyl (C=O) groups is 1. The Morgan fingerprint density at radius 3 is 2.22 bits per heavy atom. The largest absolute Gasteiger partial charge is 0.442 e. The van der Waals surface area contributed by atoms with Gasteiger partial charge in [0.2, 0.25) is 0 Å². The molecule has 2 N–H and O–H groups in total. The zero-order valence-electron chi connectivity index (χ0n) is 10.6. The second kappa shape index (κ2) is 4.97. The van der Waals surface area contributed by atoms with E-state index >= 15 is 0 Å². The first-order valence-corrected chi connectivity index (χ1v) is 7.00. The number of rotatable bonds is 4. The van der Waals surface area contributed by atoms with E-state index in [1.165, 1.54) is 32.9 Å². The summed E-state index contributed by atoms with van der Waals surface area (Å²) >= 11 is 0. The molecule has 1 unspecified atom stereocenters. The number of carbonyl (C=O) groups excluding carboxylic acids is 1. The van der Waals surface area contributed by atoms with Crippen molar-refractivity contribution in [3.8, 4) is 0 Å². The predicted octanol–water partition coefficient (Wildman–Crippen LogP) is 1.72. The number of sulfone groups is 1. The van der Waals surface area contributed by atoms with E-state index in [1.807, 2.05) is 0 Å². The highest BCUT2D eigenvalue weighted by molar-refractivity contribution is 7.92. The van der Waals surface area contributed by atoms with Crippen LogP contribution in [-0.4, -0.2) is 25.4 Å². The Bertz CT molecular complexity index is 522. The van der Waals surface area contributed by atoms with E-state index in [0.717, 1.165) is 0 Å². The third kappa shape index (κ3) is 3.01. The van der Waals surface area contributed by atoms with Gasteiger partial charge < -0.3 is 10.5 Å². The van der Waals surface area contributed by atoms with Gasteiger partial charge in [-0.15, -0.1) is 0 Å². The second-order valence-electron chi connectivity index (χ2n) is 4.52. The number of ether oxygens (including phenoxy) is 1. The molecule has 0 fully saturated rings. The molecule has 5 nitrogen and oxygen atoms in total. The fourth-order valence-electron chi connectivity index (χ4n) is 1.53. The van der Waals surface area contributed by atoms with Gasteiger partial charge in [-0.25, -0.2) is 13.2 Å². The summed E-state index contributed by atoms with van der Waals surface area (Å²) in [4.78, 5) is 11.0. The standard InChI is InChI=1S/C12H17NO4S/c1-9(12(2,3)17-11(13)14)18(15,16)10-7-5-4-6-8-10/h4-9H,1-3H3,(H2,13,14). The van der Waals surface area contributed by atoms with Gasteiger partial charge in [-0.05, 0) is 32.9 Å². The Morgan fingerprint density at radius 2 is 1.78 bits per heavy atom. The SMILES string of the molecule is CC(C(C)(C)OC(N)=O)S(=O)(=O)c1ccccc1. The second-order valence-corrected chi connectivity index (χ2v) is 6.79. The lowest BCUT2D eigenvalue weighted by Crippen LogP contribution is -2.44. The predicted molar refractivity (Wildman–Crippen MR) is 67.8 cm³/mol. The van der Waals surface area contributed by atoms with Crippen LogP contribution in [0.25, 0.3) is 0 Å². The van der Waals surface area contributed by atoms with Crippen molar-refractivity contribution in [1.29, 1.82) is 0 Å². The van der Waals surface area contributed by atoms with Crippen molar-refractivity contribution in [2.45, 2.75) is 36.5 Å².